The summed E-state index contributed by atoms with van der Waals surface area (Å²) in [5.41, 5.74) is -5.48. The molecule has 0 aromatic heterocycles. The van der Waals surface area contributed by atoms with Crippen LogP contribution >= 0.6 is 0 Å². The maximum absolute atomic E-state index is 12.8. The van der Waals surface area contributed by atoms with Crippen LogP contribution in [0.5, 0.6) is 0 Å². The van der Waals surface area contributed by atoms with E-state index in [0.717, 1.165) is 0 Å². The first kappa shape index (κ1) is 18.1. The van der Waals surface area contributed by atoms with Gasteiger partial charge in [0.1, 0.15) is 0 Å². The van der Waals surface area contributed by atoms with Gasteiger partial charge in [-0.15, -0.1) is 12.1 Å². The molecule has 16 heteroatoms. The summed E-state index contributed by atoms with van der Waals surface area (Å²) in [4.78, 5) is 0. The molecule has 2 N–H and O–H groups in total. The standard InChI is InChI=1S/C2H2F6N2O4S4/c3-1(4,5)15(11)9-16(12)2(6,7)17(13)10-18(8)14/h9-10H. The second kappa shape index (κ2) is 6.51. The summed E-state index contributed by atoms with van der Waals surface area (Å²) in [7, 11) is -12.0. The molecule has 4 atom stereocenters. The summed E-state index contributed by atoms with van der Waals surface area (Å²) >= 11 is -3.68. The third-order valence-corrected chi connectivity index (χ3v) is 5.47. The van der Waals surface area contributed by atoms with Gasteiger partial charge in [0.25, 0.3) is 11.4 Å². The first-order chi connectivity index (χ1) is 7.89. The van der Waals surface area contributed by atoms with Gasteiger partial charge in [-0.05, 0) is 0 Å². The Morgan fingerprint density at radius 3 is 1.44 bits per heavy atom. The van der Waals surface area contributed by atoms with Gasteiger partial charge in [0.2, 0.25) is 11.0 Å². The zero-order chi connectivity index (χ0) is 14.7. The van der Waals surface area contributed by atoms with Crippen molar-refractivity contribution in [1.29, 1.82) is 0 Å². The summed E-state index contributed by atoms with van der Waals surface area (Å²) in [6.45, 7) is 0. The van der Waals surface area contributed by atoms with E-state index in [1.54, 1.807) is 0 Å². The minimum atomic E-state index is -5.48. The van der Waals surface area contributed by atoms with Crippen molar-refractivity contribution in [3.63, 3.8) is 0 Å². The molecule has 0 rings (SSSR count). The summed E-state index contributed by atoms with van der Waals surface area (Å²) in [6.07, 6.45) is 0. The number of hydrogen-bond acceptors (Lipinski definition) is 4. The Bertz CT molecular complexity index is 409. The van der Waals surface area contributed by atoms with Crippen LogP contribution in [0.2, 0.25) is 0 Å². The fourth-order valence-corrected chi connectivity index (χ4v) is 3.68. The Morgan fingerprint density at radius 2 is 1.11 bits per heavy atom. The topological polar surface area (TPSA) is 92.3 Å². The summed E-state index contributed by atoms with van der Waals surface area (Å²) < 4.78 is 110. The SMILES string of the molecule is O=S(F)NS(=O)C(F)(F)S(=O)NS(=O)C(F)(F)F. The van der Waals surface area contributed by atoms with Crippen LogP contribution in [0, 0.1) is 0 Å². The summed E-state index contributed by atoms with van der Waals surface area (Å²) in [5, 5.41) is 0. The minimum Gasteiger partial charge on any atom is -0.235 e. The van der Waals surface area contributed by atoms with Crippen LogP contribution in [-0.2, 0) is 44.3 Å². The van der Waals surface area contributed by atoms with Crippen molar-refractivity contribution in [3.8, 4) is 0 Å². The van der Waals surface area contributed by atoms with Gasteiger partial charge >= 0.3 is 10.1 Å². The first-order valence-corrected chi connectivity index (χ1v) is 7.69. The van der Waals surface area contributed by atoms with Crippen LogP contribution in [0.15, 0.2) is 0 Å². The van der Waals surface area contributed by atoms with Gasteiger partial charge in [0.15, 0.2) is 22.0 Å². The Morgan fingerprint density at radius 1 is 0.722 bits per heavy atom. The summed E-state index contributed by atoms with van der Waals surface area (Å²) in [5.74, 6) is 0. The van der Waals surface area contributed by atoms with Crippen molar-refractivity contribution >= 4 is 44.3 Å². The van der Waals surface area contributed by atoms with E-state index in [1.165, 1.54) is 0 Å². The lowest BCUT2D eigenvalue weighted by Crippen LogP contribution is -2.45. The van der Waals surface area contributed by atoms with Crippen molar-refractivity contribution in [3.05, 3.63) is 0 Å². The highest BCUT2D eigenvalue weighted by Crippen LogP contribution is 2.24. The number of alkyl halides is 5. The summed E-state index contributed by atoms with van der Waals surface area (Å²) in [6, 6.07) is 0. The molecular weight excluding hydrogens is 358 g/mol. The van der Waals surface area contributed by atoms with Crippen LogP contribution in [0.25, 0.3) is 0 Å². The van der Waals surface area contributed by atoms with Gasteiger partial charge in [-0.1, -0.05) is 0 Å². The molecule has 0 saturated carbocycles. The van der Waals surface area contributed by atoms with Crippen LogP contribution < -0.4 is 8.25 Å². The van der Waals surface area contributed by atoms with Gasteiger partial charge < -0.3 is 0 Å². The second-order valence-corrected chi connectivity index (χ2v) is 7.24. The van der Waals surface area contributed by atoms with Crippen LogP contribution in [0.1, 0.15) is 0 Å². The molecule has 0 amide bonds. The van der Waals surface area contributed by atoms with E-state index < -0.39 is 54.4 Å². The Hall–Kier alpha value is 0.1000. The molecule has 0 saturated heterocycles. The average Bonchev–Trinajstić information content (AvgIpc) is 2.14. The fourth-order valence-electron chi connectivity index (χ4n) is 0.341. The highest BCUT2D eigenvalue weighted by atomic mass is 32.3. The Labute approximate surface area is 106 Å². The molecule has 18 heavy (non-hydrogen) atoms. The maximum atomic E-state index is 12.8. The van der Waals surface area contributed by atoms with E-state index >= 15 is 0 Å². The quantitative estimate of drug-likeness (QED) is 0.506. The molecule has 0 aromatic rings. The highest BCUT2D eigenvalue weighted by molar-refractivity contribution is 8.09. The minimum absolute atomic E-state index is 0.429. The van der Waals surface area contributed by atoms with E-state index in [-0.39, 0.29) is 0 Å². The molecule has 0 aliphatic rings. The molecule has 110 valence electrons. The lowest BCUT2D eigenvalue weighted by molar-refractivity contribution is -0.0389. The van der Waals surface area contributed by atoms with Crippen LogP contribution in [0.3, 0.4) is 0 Å². The van der Waals surface area contributed by atoms with Crippen LogP contribution in [0.4, 0.5) is 25.8 Å². The third kappa shape index (κ3) is 5.39. The predicted octanol–water partition coefficient (Wildman–Crippen LogP) is -0.225. The second-order valence-electron chi connectivity index (χ2n) is 2.11. The molecule has 0 aliphatic heterocycles. The third-order valence-electron chi connectivity index (χ3n) is 0.934. The zero-order valence-electron chi connectivity index (χ0n) is 7.53. The molecule has 0 aromatic carbocycles. The number of hydrogen-bond donors (Lipinski definition) is 2. The molecule has 4 unspecified atom stereocenters. The normalized spacial score (nSPS) is 20.1. The molecule has 0 radical (unpaired) electrons. The van der Waals surface area contributed by atoms with Crippen molar-refractivity contribution in [2.24, 2.45) is 0 Å². The van der Waals surface area contributed by atoms with Gasteiger partial charge in [-0.2, -0.15) is 22.0 Å². The maximum Gasteiger partial charge on any atom is 0.486 e. The van der Waals surface area contributed by atoms with Gasteiger partial charge in [0, 0.05) is 0 Å². The molecule has 0 heterocycles. The van der Waals surface area contributed by atoms with Crippen molar-refractivity contribution in [2.75, 3.05) is 0 Å². The Kier molecular flexibility index (Phi) is 6.54. The molecule has 0 aliphatic carbocycles. The van der Waals surface area contributed by atoms with Gasteiger partial charge in [-0.25, -0.2) is 16.8 Å². The smallest absolute Gasteiger partial charge is 0.235 e. The Balaban J connectivity index is 4.82. The van der Waals surface area contributed by atoms with Crippen LogP contribution in [-0.4, -0.2) is 26.9 Å². The first-order valence-electron chi connectivity index (χ1n) is 3.19. The fraction of sp³-hybridized carbons (Fsp3) is 1.00. The largest absolute Gasteiger partial charge is 0.486 e. The predicted molar refractivity (Wildman–Crippen MR) is 51.0 cm³/mol. The zero-order valence-corrected chi connectivity index (χ0v) is 10.8. The van der Waals surface area contributed by atoms with E-state index in [0.29, 0.717) is 8.25 Å². The average molecular weight is 360 g/mol. The number of halogens is 6. The lowest BCUT2D eigenvalue weighted by Gasteiger charge is -2.14. The number of nitrogens with one attached hydrogen (secondary N) is 2. The van der Waals surface area contributed by atoms with Crippen molar-refractivity contribution in [2.45, 2.75) is 10.1 Å². The monoisotopic (exact) mass is 360 g/mol. The van der Waals surface area contributed by atoms with E-state index in [9.17, 15) is 42.7 Å². The number of rotatable bonds is 6. The van der Waals surface area contributed by atoms with Gasteiger partial charge in [0.05, 0.1) is 0 Å². The molecule has 0 fully saturated rings. The molecule has 0 bridgehead atoms. The lowest BCUT2D eigenvalue weighted by atomic mass is 11.6. The van der Waals surface area contributed by atoms with Crippen molar-refractivity contribution in [1.82, 2.24) is 8.25 Å². The van der Waals surface area contributed by atoms with Gasteiger partial charge in [-0.3, -0.25) is 0 Å². The van der Waals surface area contributed by atoms with E-state index in [2.05, 4.69) is 0 Å². The molecule has 6 nitrogen and oxygen atoms in total. The van der Waals surface area contributed by atoms with Crippen molar-refractivity contribution < 1.29 is 42.7 Å². The van der Waals surface area contributed by atoms with E-state index in [4.69, 9.17) is 0 Å². The molecular formula is C2H2F6N2O4S4. The molecule has 0 spiro atoms. The van der Waals surface area contributed by atoms with E-state index in [1.807, 2.05) is 0 Å². The highest BCUT2D eigenvalue weighted by Gasteiger charge is 2.49.